The summed E-state index contributed by atoms with van der Waals surface area (Å²) in [5, 5.41) is 12.5. The predicted octanol–water partition coefficient (Wildman–Crippen LogP) is 0.945. The van der Waals surface area contributed by atoms with Crippen molar-refractivity contribution in [2.75, 3.05) is 0 Å². The predicted molar refractivity (Wildman–Crippen MR) is 32.9 cm³/mol. The van der Waals surface area contributed by atoms with Crippen molar-refractivity contribution < 1.29 is 0 Å². The molecule has 0 atom stereocenters. The van der Waals surface area contributed by atoms with Gasteiger partial charge in [0.15, 0.2) is 5.69 Å². The molecule has 0 aliphatic rings. The van der Waals surface area contributed by atoms with Crippen molar-refractivity contribution in [2.24, 2.45) is 7.05 Å². The molecule has 0 saturated heterocycles. The standard InChI is InChI=1S/C5H4ClN3/c1-9-3-4(6)5(2-7)8-9/h3H,1H3. The Morgan fingerprint density at radius 1 is 1.89 bits per heavy atom. The highest BCUT2D eigenvalue weighted by molar-refractivity contribution is 6.31. The Bertz CT molecular complexity index is 258. The van der Waals surface area contributed by atoms with Gasteiger partial charge in [0.1, 0.15) is 6.07 Å². The normalized spacial score (nSPS) is 9.00. The lowest BCUT2D eigenvalue weighted by atomic mass is 10.5. The number of nitriles is 1. The van der Waals surface area contributed by atoms with Gasteiger partial charge >= 0.3 is 0 Å². The molecule has 1 aromatic rings. The molecular formula is C5H4ClN3. The maximum atomic E-state index is 8.32. The van der Waals surface area contributed by atoms with Crippen LogP contribution in [0.25, 0.3) is 0 Å². The van der Waals surface area contributed by atoms with E-state index in [9.17, 15) is 0 Å². The molecule has 0 aliphatic heterocycles. The lowest BCUT2D eigenvalue weighted by Gasteiger charge is -1.78. The summed E-state index contributed by atoms with van der Waals surface area (Å²) < 4.78 is 1.50. The van der Waals surface area contributed by atoms with E-state index in [1.165, 1.54) is 4.68 Å². The highest BCUT2D eigenvalue weighted by Gasteiger charge is 2.01. The van der Waals surface area contributed by atoms with E-state index in [-0.39, 0.29) is 5.69 Å². The van der Waals surface area contributed by atoms with Crippen molar-refractivity contribution in [3.05, 3.63) is 16.9 Å². The van der Waals surface area contributed by atoms with Crippen LogP contribution in [0.5, 0.6) is 0 Å². The Morgan fingerprint density at radius 3 is 2.78 bits per heavy atom. The minimum Gasteiger partial charge on any atom is -0.273 e. The van der Waals surface area contributed by atoms with Crippen molar-refractivity contribution in [3.8, 4) is 6.07 Å². The summed E-state index contributed by atoms with van der Waals surface area (Å²) in [6, 6.07) is 1.85. The molecule has 0 bridgehead atoms. The van der Waals surface area contributed by atoms with Gasteiger partial charge in [-0.3, -0.25) is 4.68 Å². The summed E-state index contributed by atoms with van der Waals surface area (Å²) in [5.74, 6) is 0. The fourth-order valence-electron chi connectivity index (χ4n) is 0.535. The summed E-state index contributed by atoms with van der Waals surface area (Å²) in [4.78, 5) is 0. The molecular weight excluding hydrogens is 138 g/mol. The lowest BCUT2D eigenvalue weighted by Crippen LogP contribution is -1.86. The first kappa shape index (κ1) is 6.12. The van der Waals surface area contributed by atoms with Crippen LogP contribution >= 0.6 is 11.6 Å². The summed E-state index contributed by atoms with van der Waals surface area (Å²) in [5.41, 5.74) is 0.277. The van der Waals surface area contributed by atoms with Crippen molar-refractivity contribution >= 4 is 11.6 Å². The van der Waals surface area contributed by atoms with Crippen LogP contribution < -0.4 is 0 Å². The third-order valence-electron chi connectivity index (χ3n) is 0.890. The number of nitrogens with zero attached hydrogens (tertiary/aromatic N) is 3. The van der Waals surface area contributed by atoms with Crippen LogP contribution in [0.3, 0.4) is 0 Å². The number of hydrogen-bond acceptors (Lipinski definition) is 2. The van der Waals surface area contributed by atoms with Crippen LogP contribution in [0.4, 0.5) is 0 Å². The molecule has 0 aromatic carbocycles. The first-order valence-electron chi connectivity index (χ1n) is 2.33. The monoisotopic (exact) mass is 141 g/mol. The first-order chi connectivity index (χ1) is 4.24. The Balaban J connectivity index is 3.20. The van der Waals surface area contributed by atoms with Gasteiger partial charge in [0.2, 0.25) is 0 Å². The third kappa shape index (κ3) is 1.03. The van der Waals surface area contributed by atoms with E-state index in [4.69, 9.17) is 16.9 Å². The summed E-state index contributed by atoms with van der Waals surface area (Å²) in [6.45, 7) is 0. The quantitative estimate of drug-likeness (QED) is 0.540. The molecule has 0 radical (unpaired) electrons. The van der Waals surface area contributed by atoms with Gasteiger partial charge in [-0.2, -0.15) is 10.4 Å². The Morgan fingerprint density at radius 2 is 2.56 bits per heavy atom. The Labute approximate surface area is 57.5 Å². The highest BCUT2D eigenvalue weighted by atomic mass is 35.5. The Kier molecular flexibility index (Phi) is 1.41. The highest BCUT2D eigenvalue weighted by Crippen LogP contribution is 2.10. The second-order valence-corrected chi connectivity index (χ2v) is 2.02. The zero-order valence-electron chi connectivity index (χ0n) is 4.80. The van der Waals surface area contributed by atoms with Gasteiger partial charge in [0.25, 0.3) is 0 Å². The molecule has 0 fully saturated rings. The van der Waals surface area contributed by atoms with Crippen molar-refractivity contribution in [2.45, 2.75) is 0 Å². The van der Waals surface area contributed by atoms with Gasteiger partial charge in [-0.05, 0) is 0 Å². The molecule has 0 amide bonds. The molecule has 9 heavy (non-hydrogen) atoms. The zero-order valence-corrected chi connectivity index (χ0v) is 5.55. The lowest BCUT2D eigenvalue weighted by molar-refractivity contribution is 0.763. The number of aromatic nitrogens is 2. The molecule has 46 valence electrons. The van der Waals surface area contributed by atoms with Crippen LogP contribution in [0.15, 0.2) is 6.20 Å². The van der Waals surface area contributed by atoms with Crippen molar-refractivity contribution in [3.63, 3.8) is 0 Å². The minimum atomic E-state index is 0.277. The maximum Gasteiger partial charge on any atom is 0.181 e. The molecule has 0 saturated carbocycles. The van der Waals surface area contributed by atoms with Gasteiger partial charge in [-0.1, -0.05) is 11.6 Å². The molecule has 3 nitrogen and oxygen atoms in total. The number of hydrogen-bond donors (Lipinski definition) is 0. The smallest absolute Gasteiger partial charge is 0.181 e. The molecule has 1 aromatic heterocycles. The van der Waals surface area contributed by atoms with E-state index in [1.54, 1.807) is 13.2 Å². The van der Waals surface area contributed by atoms with Crippen LogP contribution in [-0.4, -0.2) is 9.78 Å². The van der Waals surface area contributed by atoms with Crippen LogP contribution in [0.1, 0.15) is 5.69 Å². The fourth-order valence-corrected chi connectivity index (χ4v) is 0.757. The molecule has 1 heterocycles. The second kappa shape index (κ2) is 2.08. The van der Waals surface area contributed by atoms with E-state index in [2.05, 4.69) is 5.10 Å². The summed E-state index contributed by atoms with van der Waals surface area (Å²) in [6.07, 6.45) is 1.58. The molecule has 0 unspecified atom stereocenters. The number of rotatable bonds is 0. The van der Waals surface area contributed by atoms with E-state index in [0.29, 0.717) is 5.02 Å². The topological polar surface area (TPSA) is 41.6 Å². The van der Waals surface area contributed by atoms with Crippen LogP contribution in [-0.2, 0) is 7.05 Å². The largest absolute Gasteiger partial charge is 0.273 e. The SMILES string of the molecule is Cn1cc(Cl)c(C#N)n1. The molecule has 1 rings (SSSR count). The van der Waals surface area contributed by atoms with Crippen molar-refractivity contribution in [1.82, 2.24) is 9.78 Å². The molecule has 0 spiro atoms. The van der Waals surface area contributed by atoms with E-state index in [0.717, 1.165) is 0 Å². The van der Waals surface area contributed by atoms with Gasteiger partial charge in [0, 0.05) is 13.2 Å². The zero-order chi connectivity index (χ0) is 6.85. The molecule has 0 aliphatic carbocycles. The van der Waals surface area contributed by atoms with E-state index < -0.39 is 0 Å². The first-order valence-corrected chi connectivity index (χ1v) is 2.71. The third-order valence-corrected chi connectivity index (χ3v) is 1.17. The van der Waals surface area contributed by atoms with E-state index in [1.807, 2.05) is 6.07 Å². The van der Waals surface area contributed by atoms with Crippen LogP contribution in [0.2, 0.25) is 5.02 Å². The Hall–Kier alpha value is -1.01. The van der Waals surface area contributed by atoms with E-state index >= 15 is 0 Å². The molecule has 4 heteroatoms. The van der Waals surface area contributed by atoms with Gasteiger partial charge < -0.3 is 0 Å². The minimum absolute atomic E-state index is 0.277. The molecule has 0 N–H and O–H groups in total. The van der Waals surface area contributed by atoms with Crippen LogP contribution in [0, 0.1) is 11.3 Å². The van der Waals surface area contributed by atoms with Crippen molar-refractivity contribution in [1.29, 1.82) is 5.26 Å². The van der Waals surface area contributed by atoms with Gasteiger partial charge in [0.05, 0.1) is 5.02 Å². The van der Waals surface area contributed by atoms with Gasteiger partial charge in [-0.15, -0.1) is 0 Å². The summed E-state index contributed by atoms with van der Waals surface area (Å²) in [7, 11) is 1.72. The number of aryl methyl sites for hydroxylation is 1. The second-order valence-electron chi connectivity index (χ2n) is 1.61. The summed E-state index contributed by atoms with van der Waals surface area (Å²) >= 11 is 5.54. The fraction of sp³-hybridized carbons (Fsp3) is 0.200. The van der Waals surface area contributed by atoms with Gasteiger partial charge in [-0.25, -0.2) is 0 Å². The average Bonchev–Trinajstić information content (AvgIpc) is 2.10. The maximum absolute atomic E-state index is 8.32. The number of halogens is 1. The average molecular weight is 142 g/mol.